The van der Waals surface area contributed by atoms with Crippen LogP contribution in [0.3, 0.4) is 0 Å². The molecule has 1 spiro atoms. The first-order valence-electron chi connectivity index (χ1n) is 9.55. The Balaban J connectivity index is 0.00000243. The average molecular weight is 382 g/mol. The number of rotatable bonds is 5. The highest BCUT2D eigenvalue weighted by Gasteiger charge is 2.35. The number of piperazine rings is 2. The molecule has 5 nitrogen and oxygen atoms in total. The largest absolute Gasteiger partial charge is 1.00 e. The number of anilines is 1. The maximum Gasteiger partial charge on any atom is 0.305 e. The van der Waals surface area contributed by atoms with Crippen LogP contribution in [0.5, 0.6) is 0 Å². The van der Waals surface area contributed by atoms with Crippen LogP contribution in [-0.2, 0) is 16.0 Å². The fourth-order valence-corrected chi connectivity index (χ4v) is 4.00. The molecule has 2 fully saturated rings. The van der Waals surface area contributed by atoms with Gasteiger partial charge in [-0.25, -0.2) is 0 Å². The highest BCUT2D eigenvalue weighted by molar-refractivity contribution is 5.69. The quantitative estimate of drug-likeness (QED) is 0.472. The van der Waals surface area contributed by atoms with Gasteiger partial charge in [-0.3, -0.25) is 9.69 Å². The number of methoxy groups -OCH3 is 1. The van der Waals surface area contributed by atoms with E-state index in [0.29, 0.717) is 6.42 Å². The van der Waals surface area contributed by atoms with E-state index in [1.165, 1.54) is 62.1 Å². The highest BCUT2D eigenvalue weighted by Crippen LogP contribution is 2.22. The number of carbonyl (C=O) groups excluding carboxylic acids is 1. The summed E-state index contributed by atoms with van der Waals surface area (Å²) in [6.45, 7) is 9.95. The van der Waals surface area contributed by atoms with Crippen molar-refractivity contribution in [3.8, 4) is 0 Å². The summed E-state index contributed by atoms with van der Waals surface area (Å²) in [5.41, 5.74) is 2.64. The summed E-state index contributed by atoms with van der Waals surface area (Å²) in [6, 6.07) is 8.91. The lowest BCUT2D eigenvalue weighted by atomic mass is 10.1. The number of ether oxygens (including phenoxy) is 1. The first-order valence-corrected chi connectivity index (χ1v) is 9.55. The zero-order valence-corrected chi connectivity index (χ0v) is 16.9. The maximum absolute atomic E-state index is 11.2. The number of esters is 1. The van der Waals surface area contributed by atoms with Crippen LogP contribution in [0.25, 0.3) is 0 Å². The predicted molar refractivity (Wildman–Crippen MR) is 101 cm³/mol. The van der Waals surface area contributed by atoms with E-state index in [2.05, 4.69) is 41.1 Å². The second kappa shape index (κ2) is 9.58. The lowest BCUT2D eigenvalue weighted by Gasteiger charge is -2.49. The molecule has 2 aliphatic heterocycles. The monoisotopic (exact) mass is 381 g/mol. The molecule has 1 aromatic rings. The molecule has 3 rings (SSSR count). The van der Waals surface area contributed by atoms with Gasteiger partial charge in [-0.15, -0.1) is 0 Å². The third-order valence-electron chi connectivity index (χ3n) is 5.98. The van der Waals surface area contributed by atoms with E-state index in [0.717, 1.165) is 25.9 Å². The molecule has 0 aromatic heterocycles. The third-order valence-corrected chi connectivity index (χ3v) is 5.98. The third kappa shape index (κ3) is 5.35. The Morgan fingerprint density at radius 2 is 1.62 bits per heavy atom. The van der Waals surface area contributed by atoms with Crippen molar-refractivity contribution in [1.82, 2.24) is 4.90 Å². The van der Waals surface area contributed by atoms with E-state index in [9.17, 15) is 4.79 Å². The number of aryl methyl sites for hydroxylation is 1. The van der Waals surface area contributed by atoms with E-state index in [4.69, 9.17) is 4.74 Å². The van der Waals surface area contributed by atoms with Crippen LogP contribution >= 0.6 is 0 Å². The smallest absolute Gasteiger partial charge is 0.305 e. The number of nitrogens with zero attached hydrogens (tertiary/aromatic N) is 3. The standard InChI is InChI=1S/C20H32N3O2.ClH/c1-21-10-14-23(15-11-21)16-12-22(13-17-23)19-8-6-18(7-9-19)4-3-5-20(24)25-2;/h6-9H,3-5,10-17H2,1-2H3;1H/q+1;/p-1. The van der Waals surface area contributed by atoms with Gasteiger partial charge in [0.2, 0.25) is 0 Å². The van der Waals surface area contributed by atoms with Crippen LogP contribution in [0.2, 0.25) is 0 Å². The summed E-state index contributed by atoms with van der Waals surface area (Å²) in [5.74, 6) is -0.120. The zero-order valence-electron chi connectivity index (χ0n) is 16.1. The van der Waals surface area contributed by atoms with E-state index in [-0.39, 0.29) is 18.4 Å². The predicted octanol–water partition coefficient (Wildman–Crippen LogP) is -1.23. The van der Waals surface area contributed by atoms with Crippen molar-refractivity contribution in [3.63, 3.8) is 0 Å². The molecule has 0 atom stereocenters. The van der Waals surface area contributed by atoms with Crippen molar-refractivity contribution in [2.75, 3.05) is 71.4 Å². The lowest BCUT2D eigenvalue weighted by molar-refractivity contribution is -0.932. The molecule has 0 N–H and O–H groups in total. The number of carbonyl (C=O) groups is 1. The molecule has 0 amide bonds. The number of halogens is 1. The van der Waals surface area contributed by atoms with Crippen molar-refractivity contribution < 1.29 is 26.4 Å². The molecule has 0 bridgehead atoms. The van der Waals surface area contributed by atoms with E-state index in [1.807, 2.05) is 0 Å². The van der Waals surface area contributed by atoms with E-state index in [1.54, 1.807) is 0 Å². The van der Waals surface area contributed by atoms with Gasteiger partial charge in [0, 0.05) is 25.2 Å². The number of quaternary nitrogens is 1. The SMILES string of the molecule is COC(=O)CCCc1ccc(N2CC[N+]3(CCN(C)CC3)CC2)cc1.[Cl-]. The van der Waals surface area contributed by atoms with Gasteiger partial charge in [-0.2, -0.15) is 0 Å². The van der Waals surface area contributed by atoms with Crippen LogP contribution in [0.4, 0.5) is 5.69 Å². The molecule has 0 radical (unpaired) electrons. The van der Waals surface area contributed by atoms with Crippen LogP contribution in [0.15, 0.2) is 24.3 Å². The molecular weight excluding hydrogens is 350 g/mol. The molecule has 0 aliphatic carbocycles. The summed E-state index contributed by atoms with van der Waals surface area (Å²) in [5, 5.41) is 0. The summed E-state index contributed by atoms with van der Waals surface area (Å²) < 4.78 is 6.00. The molecule has 0 saturated carbocycles. The van der Waals surface area contributed by atoms with Crippen molar-refractivity contribution in [3.05, 3.63) is 29.8 Å². The molecular formula is C20H32ClN3O2. The molecule has 1 aromatic carbocycles. The minimum atomic E-state index is -0.120. The number of hydrogen-bond donors (Lipinski definition) is 0. The molecule has 2 aliphatic rings. The summed E-state index contributed by atoms with van der Waals surface area (Å²) in [7, 11) is 3.68. The van der Waals surface area contributed by atoms with Gasteiger partial charge >= 0.3 is 5.97 Å². The van der Waals surface area contributed by atoms with E-state index >= 15 is 0 Å². The first-order chi connectivity index (χ1) is 12.1. The Bertz CT molecular complexity index is 561. The van der Waals surface area contributed by atoms with Gasteiger partial charge in [-0.05, 0) is 37.6 Å². The zero-order chi connectivity index (χ0) is 17.7. The second-order valence-electron chi connectivity index (χ2n) is 7.62. The topological polar surface area (TPSA) is 32.8 Å². The Morgan fingerprint density at radius 3 is 2.19 bits per heavy atom. The lowest BCUT2D eigenvalue weighted by Crippen LogP contribution is -3.00. The van der Waals surface area contributed by atoms with Crippen molar-refractivity contribution in [2.24, 2.45) is 0 Å². The first kappa shape index (κ1) is 21.0. The van der Waals surface area contributed by atoms with Gasteiger partial charge in [-0.1, -0.05) is 12.1 Å². The molecule has 26 heavy (non-hydrogen) atoms. The Kier molecular flexibility index (Phi) is 7.74. The number of likely N-dealkylation sites (N-methyl/N-ethyl adjacent to an activating group) is 1. The second-order valence-corrected chi connectivity index (χ2v) is 7.62. The van der Waals surface area contributed by atoms with Gasteiger partial charge in [0.05, 0.1) is 46.4 Å². The highest BCUT2D eigenvalue weighted by atomic mass is 35.5. The fraction of sp³-hybridized carbons (Fsp3) is 0.650. The van der Waals surface area contributed by atoms with Crippen LogP contribution < -0.4 is 17.3 Å². The molecule has 0 unspecified atom stereocenters. The Hall–Kier alpha value is -1.30. The number of hydrogen-bond acceptors (Lipinski definition) is 4. The molecule has 6 heteroatoms. The molecule has 2 heterocycles. The van der Waals surface area contributed by atoms with Crippen molar-refractivity contribution >= 4 is 11.7 Å². The van der Waals surface area contributed by atoms with Gasteiger partial charge < -0.3 is 26.5 Å². The molecule has 146 valence electrons. The van der Waals surface area contributed by atoms with Gasteiger partial charge in [0.1, 0.15) is 0 Å². The average Bonchev–Trinajstić information content (AvgIpc) is 2.65. The van der Waals surface area contributed by atoms with Crippen LogP contribution in [0, 0.1) is 0 Å². The van der Waals surface area contributed by atoms with Gasteiger partial charge in [0.25, 0.3) is 0 Å². The van der Waals surface area contributed by atoms with Crippen LogP contribution in [0.1, 0.15) is 18.4 Å². The number of benzene rings is 1. The molecule has 2 saturated heterocycles. The normalized spacial score (nSPS) is 19.8. The van der Waals surface area contributed by atoms with Crippen molar-refractivity contribution in [2.45, 2.75) is 19.3 Å². The van der Waals surface area contributed by atoms with Crippen molar-refractivity contribution in [1.29, 1.82) is 0 Å². The van der Waals surface area contributed by atoms with Crippen LogP contribution in [-0.4, -0.2) is 81.9 Å². The minimum absolute atomic E-state index is 0. The Labute approximate surface area is 163 Å². The fourth-order valence-electron chi connectivity index (χ4n) is 4.00. The summed E-state index contributed by atoms with van der Waals surface area (Å²) >= 11 is 0. The van der Waals surface area contributed by atoms with E-state index < -0.39 is 0 Å². The summed E-state index contributed by atoms with van der Waals surface area (Å²) in [4.78, 5) is 16.2. The summed E-state index contributed by atoms with van der Waals surface area (Å²) in [6.07, 6.45) is 2.28. The maximum atomic E-state index is 11.2. The Morgan fingerprint density at radius 1 is 1.04 bits per heavy atom. The van der Waals surface area contributed by atoms with Gasteiger partial charge in [0.15, 0.2) is 0 Å². The minimum Gasteiger partial charge on any atom is -1.00 e.